The van der Waals surface area contributed by atoms with Gasteiger partial charge in [-0.1, -0.05) is 17.4 Å². The quantitative estimate of drug-likeness (QED) is 0.376. The van der Waals surface area contributed by atoms with Crippen LogP contribution in [-0.2, 0) is 6.42 Å². The Balaban J connectivity index is 1.37. The number of rotatable bonds is 2. The molecule has 2 aromatic heterocycles. The van der Waals surface area contributed by atoms with E-state index in [9.17, 15) is 9.18 Å². The minimum atomic E-state index is -0.311. The summed E-state index contributed by atoms with van der Waals surface area (Å²) in [5, 5.41) is 7.37. The van der Waals surface area contributed by atoms with Crippen molar-refractivity contribution in [1.82, 2.24) is 15.3 Å². The van der Waals surface area contributed by atoms with Gasteiger partial charge in [0.2, 0.25) is 0 Å². The molecule has 28 heavy (non-hydrogen) atoms. The van der Waals surface area contributed by atoms with Crippen molar-refractivity contribution in [1.29, 1.82) is 0 Å². The first-order valence-corrected chi connectivity index (χ1v) is 11.1. The number of urea groups is 1. The highest BCUT2D eigenvalue weighted by Crippen LogP contribution is 2.38. The molecule has 1 aliphatic carbocycles. The van der Waals surface area contributed by atoms with E-state index in [2.05, 4.69) is 36.5 Å². The molecule has 2 aromatic carbocycles. The summed E-state index contributed by atoms with van der Waals surface area (Å²) in [6.07, 6.45) is 1.47. The van der Waals surface area contributed by atoms with Gasteiger partial charge in [-0.25, -0.2) is 19.2 Å². The molecule has 1 atom stereocenters. The number of hydrogen-bond donors (Lipinski definition) is 2. The summed E-state index contributed by atoms with van der Waals surface area (Å²) >= 11 is 6.38. The summed E-state index contributed by atoms with van der Waals surface area (Å²) in [6.45, 7) is 1.98. The smallest absolute Gasteiger partial charge is 0.321 e. The van der Waals surface area contributed by atoms with Gasteiger partial charge in [0.1, 0.15) is 5.82 Å². The molecule has 1 aliphatic rings. The van der Waals surface area contributed by atoms with E-state index in [4.69, 9.17) is 0 Å². The number of carbonyl (C=O) groups excluding carboxylic acids is 1. The third kappa shape index (κ3) is 2.98. The number of amides is 2. The molecule has 2 amide bonds. The molecule has 142 valence electrons. The van der Waals surface area contributed by atoms with Crippen LogP contribution in [0.15, 0.2) is 28.7 Å². The maximum atomic E-state index is 13.7. The van der Waals surface area contributed by atoms with Crippen LogP contribution in [0.5, 0.6) is 0 Å². The van der Waals surface area contributed by atoms with Crippen LogP contribution in [0.4, 0.5) is 14.3 Å². The van der Waals surface area contributed by atoms with Gasteiger partial charge in [-0.15, -0.1) is 11.3 Å². The average Bonchev–Trinajstić information content (AvgIpc) is 3.34. The molecule has 1 unspecified atom stereocenters. The SMILES string of the molecule is Cc1nc2ccc3nc(NC(=O)NC4CCc5c4ccc(F)c5Br)sc3c2s1. The first-order valence-electron chi connectivity index (χ1n) is 8.70. The monoisotopic (exact) mass is 476 g/mol. The Morgan fingerprint density at radius 3 is 2.75 bits per heavy atom. The van der Waals surface area contributed by atoms with Gasteiger partial charge in [0.15, 0.2) is 5.13 Å². The van der Waals surface area contributed by atoms with E-state index in [-0.39, 0.29) is 17.9 Å². The van der Waals surface area contributed by atoms with Crippen molar-refractivity contribution in [2.24, 2.45) is 0 Å². The fraction of sp³-hybridized carbons (Fsp3) is 0.211. The van der Waals surface area contributed by atoms with Crippen LogP contribution in [0.2, 0.25) is 0 Å². The van der Waals surface area contributed by atoms with Gasteiger partial charge in [0, 0.05) is 0 Å². The van der Waals surface area contributed by atoms with E-state index >= 15 is 0 Å². The zero-order valence-electron chi connectivity index (χ0n) is 14.7. The number of halogens is 2. The molecule has 4 aromatic rings. The number of benzene rings is 2. The van der Waals surface area contributed by atoms with E-state index < -0.39 is 0 Å². The summed E-state index contributed by atoms with van der Waals surface area (Å²) in [4.78, 5) is 21.6. The van der Waals surface area contributed by atoms with Gasteiger partial charge < -0.3 is 5.32 Å². The summed E-state index contributed by atoms with van der Waals surface area (Å²) < 4.78 is 16.3. The number of nitrogens with zero attached hydrogens (tertiary/aromatic N) is 2. The van der Waals surface area contributed by atoms with Gasteiger partial charge in [0.25, 0.3) is 0 Å². The van der Waals surface area contributed by atoms with Crippen molar-refractivity contribution < 1.29 is 9.18 Å². The van der Waals surface area contributed by atoms with Gasteiger partial charge >= 0.3 is 6.03 Å². The molecular weight excluding hydrogens is 463 g/mol. The lowest BCUT2D eigenvalue weighted by atomic mass is 10.1. The lowest BCUT2D eigenvalue weighted by Crippen LogP contribution is -2.31. The molecule has 0 spiro atoms. The second kappa shape index (κ2) is 6.75. The van der Waals surface area contributed by atoms with E-state index in [0.717, 1.165) is 49.4 Å². The number of carbonyl (C=O) groups is 1. The van der Waals surface area contributed by atoms with Crippen molar-refractivity contribution in [2.75, 3.05) is 5.32 Å². The van der Waals surface area contributed by atoms with Crippen LogP contribution in [0.3, 0.4) is 0 Å². The zero-order valence-corrected chi connectivity index (χ0v) is 17.9. The van der Waals surface area contributed by atoms with Crippen molar-refractivity contribution in [3.8, 4) is 0 Å². The number of fused-ring (bicyclic) bond motifs is 4. The maximum Gasteiger partial charge on any atom is 0.321 e. The van der Waals surface area contributed by atoms with Crippen molar-refractivity contribution in [2.45, 2.75) is 25.8 Å². The van der Waals surface area contributed by atoms with Crippen LogP contribution >= 0.6 is 38.6 Å². The summed E-state index contributed by atoms with van der Waals surface area (Å²) in [5.74, 6) is -0.275. The Morgan fingerprint density at radius 1 is 1.18 bits per heavy atom. The molecule has 2 heterocycles. The van der Waals surface area contributed by atoms with Gasteiger partial charge in [-0.2, -0.15) is 0 Å². The summed E-state index contributed by atoms with van der Waals surface area (Å²) in [6, 6.07) is 6.60. The molecule has 0 fully saturated rings. The van der Waals surface area contributed by atoms with Gasteiger partial charge in [0.05, 0.1) is 36.0 Å². The Bertz CT molecular complexity index is 1250. The molecule has 0 saturated carbocycles. The third-order valence-electron chi connectivity index (χ3n) is 4.84. The van der Waals surface area contributed by atoms with E-state index in [0.29, 0.717) is 9.60 Å². The normalized spacial score (nSPS) is 15.9. The van der Waals surface area contributed by atoms with E-state index in [1.54, 1.807) is 17.4 Å². The number of aromatic nitrogens is 2. The van der Waals surface area contributed by atoms with Crippen molar-refractivity contribution >= 4 is 70.2 Å². The third-order valence-corrected chi connectivity index (χ3v) is 7.83. The topological polar surface area (TPSA) is 66.9 Å². The number of hydrogen-bond acceptors (Lipinski definition) is 5. The highest BCUT2D eigenvalue weighted by atomic mass is 79.9. The van der Waals surface area contributed by atoms with Crippen molar-refractivity contribution in [3.05, 3.63) is 50.7 Å². The second-order valence-corrected chi connectivity index (χ2v) is 9.63. The molecule has 2 N–H and O–H groups in total. The standard InChI is InChI=1S/C19H14BrFN4OS2/c1-8-22-13-6-7-14-17(16(13)27-8)28-19(24-14)25-18(26)23-12-5-3-10-9(12)2-4-11(21)15(10)20/h2,4,6-7,12H,3,5H2,1H3,(H2,23,24,25,26). The van der Waals surface area contributed by atoms with Crippen molar-refractivity contribution in [3.63, 3.8) is 0 Å². The molecular formula is C19H14BrFN4OS2. The maximum absolute atomic E-state index is 13.7. The molecule has 0 radical (unpaired) electrons. The Morgan fingerprint density at radius 2 is 1.93 bits per heavy atom. The largest absolute Gasteiger partial charge is 0.331 e. The predicted octanol–water partition coefficient (Wildman–Crippen LogP) is 5.93. The lowest BCUT2D eigenvalue weighted by molar-refractivity contribution is 0.248. The Hall–Kier alpha value is -2.10. The average molecular weight is 477 g/mol. The zero-order chi connectivity index (χ0) is 19.4. The van der Waals surface area contributed by atoms with E-state index in [1.165, 1.54) is 17.4 Å². The van der Waals surface area contributed by atoms with Gasteiger partial charge in [-0.05, 0) is 65.0 Å². The summed E-state index contributed by atoms with van der Waals surface area (Å²) in [7, 11) is 0. The van der Waals surface area contributed by atoms with Crippen LogP contribution < -0.4 is 10.6 Å². The molecule has 5 nitrogen and oxygen atoms in total. The second-order valence-electron chi connectivity index (χ2n) is 6.63. The molecule has 5 rings (SSSR count). The highest BCUT2D eigenvalue weighted by Gasteiger charge is 2.27. The van der Waals surface area contributed by atoms with E-state index in [1.807, 2.05) is 19.1 Å². The first-order chi connectivity index (χ1) is 13.5. The minimum Gasteiger partial charge on any atom is -0.331 e. The number of nitrogens with one attached hydrogen (secondary N) is 2. The molecule has 0 bridgehead atoms. The summed E-state index contributed by atoms with van der Waals surface area (Å²) in [5.41, 5.74) is 3.68. The highest BCUT2D eigenvalue weighted by molar-refractivity contribution is 9.10. The van der Waals surface area contributed by atoms with Crippen LogP contribution in [-0.4, -0.2) is 16.0 Å². The minimum absolute atomic E-state index is 0.142. The van der Waals surface area contributed by atoms with Gasteiger partial charge in [-0.3, -0.25) is 5.32 Å². The number of aryl methyl sites for hydroxylation is 1. The number of anilines is 1. The number of thiazole rings is 2. The predicted molar refractivity (Wildman–Crippen MR) is 115 cm³/mol. The molecule has 9 heteroatoms. The van der Waals surface area contributed by atoms with Crippen LogP contribution in [0, 0.1) is 12.7 Å². The fourth-order valence-electron chi connectivity index (χ4n) is 3.61. The first kappa shape index (κ1) is 18.0. The van der Waals surface area contributed by atoms with Crippen LogP contribution in [0.1, 0.15) is 28.6 Å². The molecule has 0 aliphatic heterocycles. The Kier molecular flexibility index (Phi) is 4.33. The fourth-order valence-corrected chi connectivity index (χ4v) is 6.17. The lowest BCUT2D eigenvalue weighted by Gasteiger charge is -2.14. The van der Waals surface area contributed by atoms with Crippen LogP contribution in [0.25, 0.3) is 20.4 Å². The Labute approximate surface area is 176 Å². The molecule has 0 saturated heterocycles.